The van der Waals surface area contributed by atoms with Crippen LogP contribution in [0.3, 0.4) is 0 Å². The van der Waals surface area contributed by atoms with E-state index in [1.807, 2.05) is 30.3 Å². The van der Waals surface area contributed by atoms with Gasteiger partial charge in [-0.3, -0.25) is 19.2 Å². The Morgan fingerprint density at radius 2 is 1.96 bits per heavy atom. The Morgan fingerprint density at radius 1 is 1.22 bits per heavy atom. The molecule has 4 N–H and O–H groups in total. The third kappa shape index (κ3) is 4.45. The highest BCUT2D eigenvalue weighted by molar-refractivity contribution is 5.95. The van der Waals surface area contributed by atoms with Gasteiger partial charge < -0.3 is 21.3 Å². The molecule has 3 rings (SSSR count). The van der Waals surface area contributed by atoms with Crippen LogP contribution in [0.5, 0.6) is 0 Å². The number of nitrogens with two attached hydrogens (primary N) is 1. The second-order valence-electron chi connectivity index (χ2n) is 7.00. The zero-order chi connectivity index (χ0) is 19.4. The molecule has 0 saturated carbocycles. The van der Waals surface area contributed by atoms with Gasteiger partial charge in [-0.25, -0.2) is 0 Å². The molecule has 2 aliphatic rings. The fraction of sp³-hybridized carbons (Fsp3) is 0.474. The van der Waals surface area contributed by atoms with Gasteiger partial charge in [0.05, 0.1) is 0 Å². The molecular formula is C19H24N4O4. The highest BCUT2D eigenvalue weighted by Gasteiger charge is 2.38. The van der Waals surface area contributed by atoms with E-state index in [4.69, 9.17) is 5.73 Å². The Balaban J connectivity index is 1.76. The summed E-state index contributed by atoms with van der Waals surface area (Å²) in [5.41, 5.74) is 6.32. The molecule has 2 heterocycles. The zero-order valence-electron chi connectivity index (χ0n) is 15.0. The first-order valence-electron chi connectivity index (χ1n) is 9.19. The number of hydrogen-bond donors (Lipinski definition) is 3. The van der Waals surface area contributed by atoms with Gasteiger partial charge in [0.2, 0.25) is 23.6 Å². The molecule has 0 spiro atoms. The number of rotatable bonds is 6. The van der Waals surface area contributed by atoms with E-state index in [0.29, 0.717) is 38.6 Å². The van der Waals surface area contributed by atoms with Crippen LogP contribution in [-0.2, 0) is 25.6 Å². The summed E-state index contributed by atoms with van der Waals surface area (Å²) < 4.78 is 0. The molecule has 8 heteroatoms. The maximum absolute atomic E-state index is 13.1. The number of likely N-dealkylation sites (tertiary alicyclic amines) is 1. The topological polar surface area (TPSA) is 122 Å². The van der Waals surface area contributed by atoms with Crippen molar-refractivity contribution >= 4 is 23.6 Å². The van der Waals surface area contributed by atoms with Crippen molar-refractivity contribution in [1.82, 2.24) is 15.5 Å². The summed E-state index contributed by atoms with van der Waals surface area (Å²) in [4.78, 5) is 50.1. The number of carbonyl (C=O) groups excluding carboxylic acids is 4. The van der Waals surface area contributed by atoms with E-state index in [1.165, 1.54) is 4.90 Å². The molecule has 3 atom stereocenters. The molecule has 0 unspecified atom stereocenters. The van der Waals surface area contributed by atoms with Crippen LogP contribution in [0.4, 0.5) is 0 Å². The van der Waals surface area contributed by atoms with E-state index in [9.17, 15) is 19.2 Å². The SMILES string of the molecule is NC(=O)[C@H]1CCCN1C(=O)[C@H](Cc1ccccc1)NC(=O)[C@H]1CCC(=O)N1. The fourth-order valence-corrected chi connectivity index (χ4v) is 3.66. The Hall–Kier alpha value is -2.90. The lowest BCUT2D eigenvalue weighted by atomic mass is 10.0. The Morgan fingerprint density at radius 3 is 2.59 bits per heavy atom. The van der Waals surface area contributed by atoms with Gasteiger partial charge in [0.1, 0.15) is 18.1 Å². The molecule has 0 bridgehead atoms. The minimum Gasteiger partial charge on any atom is -0.368 e. The maximum Gasteiger partial charge on any atom is 0.246 e. The van der Waals surface area contributed by atoms with Crippen molar-refractivity contribution in [2.45, 2.75) is 50.2 Å². The number of hydrogen-bond acceptors (Lipinski definition) is 4. The van der Waals surface area contributed by atoms with Gasteiger partial charge in [-0.1, -0.05) is 30.3 Å². The van der Waals surface area contributed by atoms with Crippen LogP contribution < -0.4 is 16.4 Å². The number of primary amides is 1. The number of nitrogens with one attached hydrogen (secondary N) is 2. The Bertz CT molecular complexity index is 736. The predicted molar refractivity (Wildman–Crippen MR) is 97.2 cm³/mol. The van der Waals surface area contributed by atoms with Crippen LogP contribution in [0.15, 0.2) is 30.3 Å². The molecule has 2 saturated heterocycles. The van der Waals surface area contributed by atoms with Crippen molar-refractivity contribution < 1.29 is 19.2 Å². The summed E-state index contributed by atoms with van der Waals surface area (Å²) in [6, 6.07) is 7.25. The number of benzene rings is 1. The zero-order valence-corrected chi connectivity index (χ0v) is 15.0. The van der Waals surface area contributed by atoms with Gasteiger partial charge in [-0.2, -0.15) is 0 Å². The molecular weight excluding hydrogens is 348 g/mol. The van der Waals surface area contributed by atoms with Crippen molar-refractivity contribution in [1.29, 1.82) is 0 Å². The van der Waals surface area contributed by atoms with E-state index in [2.05, 4.69) is 10.6 Å². The first-order chi connectivity index (χ1) is 13.0. The molecule has 144 valence electrons. The number of carbonyl (C=O) groups is 4. The predicted octanol–water partition coefficient (Wildman–Crippen LogP) is -0.531. The highest BCUT2D eigenvalue weighted by atomic mass is 16.2. The lowest BCUT2D eigenvalue weighted by molar-refractivity contribution is -0.140. The second kappa shape index (κ2) is 8.20. The molecule has 0 aliphatic carbocycles. The lowest BCUT2D eigenvalue weighted by Gasteiger charge is -2.28. The van der Waals surface area contributed by atoms with Gasteiger partial charge >= 0.3 is 0 Å². The Kier molecular flexibility index (Phi) is 5.73. The summed E-state index contributed by atoms with van der Waals surface area (Å²) in [5, 5.41) is 5.38. The quantitative estimate of drug-likeness (QED) is 0.621. The third-order valence-corrected chi connectivity index (χ3v) is 5.07. The molecule has 2 fully saturated rings. The average Bonchev–Trinajstić information content (AvgIpc) is 3.30. The van der Waals surface area contributed by atoms with E-state index >= 15 is 0 Å². The molecule has 8 nitrogen and oxygen atoms in total. The van der Waals surface area contributed by atoms with Gasteiger partial charge in [0.15, 0.2) is 0 Å². The smallest absolute Gasteiger partial charge is 0.246 e. The summed E-state index contributed by atoms with van der Waals surface area (Å²) >= 11 is 0. The number of nitrogens with zero attached hydrogens (tertiary/aromatic N) is 1. The van der Waals surface area contributed by atoms with Gasteiger partial charge in [0, 0.05) is 19.4 Å². The molecule has 27 heavy (non-hydrogen) atoms. The number of amides is 4. The van der Waals surface area contributed by atoms with Crippen molar-refractivity contribution in [2.24, 2.45) is 5.73 Å². The Labute approximate surface area is 157 Å². The molecule has 1 aromatic rings. The van der Waals surface area contributed by atoms with Crippen LogP contribution in [0.1, 0.15) is 31.2 Å². The monoisotopic (exact) mass is 372 g/mol. The second-order valence-corrected chi connectivity index (χ2v) is 7.00. The van der Waals surface area contributed by atoms with Crippen LogP contribution in [-0.4, -0.2) is 53.2 Å². The molecule has 0 radical (unpaired) electrons. The minimum atomic E-state index is -0.822. The molecule has 2 aliphatic heterocycles. The van der Waals surface area contributed by atoms with Crippen molar-refractivity contribution in [3.05, 3.63) is 35.9 Å². The summed E-state index contributed by atoms with van der Waals surface area (Å²) in [7, 11) is 0. The van der Waals surface area contributed by atoms with E-state index in [1.54, 1.807) is 0 Å². The van der Waals surface area contributed by atoms with Crippen molar-refractivity contribution in [3.8, 4) is 0 Å². The first kappa shape index (κ1) is 18.9. The summed E-state index contributed by atoms with van der Waals surface area (Å²) in [6.45, 7) is 0.438. The average molecular weight is 372 g/mol. The fourth-order valence-electron chi connectivity index (χ4n) is 3.66. The highest BCUT2D eigenvalue weighted by Crippen LogP contribution is 2.19. The largest absolute Gasteiger partial charge is 0.368 e. The van der Waals surface area contributed by atoms with E-state index < -0.39 is 24.0 Å². The van der Waals surface area contributed by atoms with E-state index in [-0.39, 0.29) is 17.7 Å². The minimum absolute atomic E-state index is 0.172. The summed E-state index contributed by atoms with van der Waals surface area (Å²) in [6.07, 6.45) is 2.24. The van der Waals surface area contributed by atoms with E-state index in [0.717, 1.165) is 5.56 Å². The lowest BCUT2D eigenvalue weighted by Crippen LogP contribution is -2.56. The summed E-state index contributed by atoms with van der Waals surface area (Å²) in [5.74, 6) is -1.41. The first-order valence-corrected chi connectivity index (χ1v) is 9.19. The normalized spacial score (nSPS) is 23.0. The van der Waals surface area contributed by atoms with Gasteiger partial charge in [-0.15, -0.1) is 0 Å². The molecule has 0 aromatic heterocycles. The van der Waals surface area contributed by atoms with Crippen LogP contribution >= 0.6 is 0 Å². The van der Waals surface area contributed by atoms with Crippen LogP contribution in [0.2, 0.25) is 0 Å². The maximum atomic E-state index is 13.1. The standard InChI is InChI=1S/C19H24N4O4/c20-17(25)15-7-4-10-23(15)19(27)14(11-12-5-2-1-3-6-12)22-18(26)13-8-9-16(24)21-13/h1-3,5-6,13-15H,4,7-11H2,(H2,20,25)(H,21,24)(H,22,26)/t13-,14+,15-/m1/s1. The van der Waals surface area contributed by atoms with Crippen LogP contribution in [0.25, 0.3) is 0 Å². The molecule has 4 amide bonds. The van der Waals surface area contributed by atoms with Crippen LogP contribution in [0, 0.1) is 0 Å². The van der Waals surface area contributed by atoms with Gasteiger partial charge in [-0.05, 0) is 24.8 Å². The van der Waals surface area contributed by atoms with Crippen molar-refractivity contribution in [2.75, 3.05) is 6.54 Å². The molecule has 1 aromatic carbocycles. The third-order valence-electron chi connectivity index (χ3n) is 5.07. The van der Waals surface area contributed by atoms with Gasteiger partial charge in [0.25, 0.3) is 0 Å². The van der Waals surface area contributed by atoms with Crippen molar-refractivity contribution in [3.63, 3.8) is 0 Å².